The minimum atomic E-state index is -0.0872. The van der Waals surface area contributed by atoms with E-state index in [1.54, 1.807) is 18.3 Å². The van der Waals surface area contributed by atoms with Crippen LogP contribution < -0.4 is 10.3 Å². The van der Waals surface area contributed by atoms with Crippen molar-refractivity contribution in [1.29, 1.82) is 0 Å². The predicted octanol–water partition coefficient (Wildman–Crippen LogP) is 2.84. The van der Waals surface area contributed by atoms with Gasteiger partial charge >= 0.3 is 0 Å². The van der Waals surface area contributed by atoms with Crippen molar-refractivity contribution in [2.45, 2.75) is 27.0 Å². The number of pyridine rings is 1. The second-order valence-corrected chi connectivity index (χ2v) is 8.70. The summed E-state index contributed by atoms with van der Waals surface area (Å²) in [4.78, 5) is 34.1. The molecule has 0 atom stereocenters. The van der Waals surface area contributed by atoms with Gasteiger partial charge in [0.1, 0.15) is 23.8 Å². The molecule has 1 fully saturated rings. The Bertz CT molecular complexity index is 1400. The summed E-state index contributed by atoms with van der Waals surface area (Å²) < 4.78 is 12.6. The van der Waals surface area contributed by atoms with Crippen LogP contribution in [-0.4, -0.2) is 56.4 Å². The van der Waals surface area contributed by atoms with E-state index in [9.17, 15) is 9.59 Å². The van der Waals surface area contributed by atoms with Crippen molar-refractivity contribution < 1.29 is 14.1 Å². The van der Waals surface area contributed by atoms with Crippen LogP contribution in [0.4, 0.5) is 0 Å². The van der Waals surface area contributed by atoms with Crippen LogP contribution in [0.5, 0.6) is 5.75 Å². The van der Waals surface area contributed by atoms with Crippen molar-refractivity contribution in [3.05, 3.63) is 93.4 Å². The van der Waals surface area contributed by atoms with Crippen molar-refractivity contribution in [2.24, 2.45) is 0 Å². The summed E-state index contributed by atoms with van der Waals surface area (Å²) in [6.45, 7) is 7.28. The van der Waals surface area contributed by atoms with Crippen LogP contribution >= 0.6 is 0 Å². The SMILES string of the molecule is Cc1noc(C)c1COc1cccc(C(=O)N2CCN(Cc3cc(=O)n4ccccc4n3)CC2)c1. The number of hydrogen-bond acceptors (Lipinski definition) is 7. The van der Waals surface area contributed by atoms with Crippen LogP contribution in [0.1, 0.15) is 33.1 Å². The number of nitrogens with zero attached hydrogens (tertiary/aromatic N) is 5. The quantitative estimate of drug-likeness (QED) is 0.425. The molecule has 0 radical (unpaired) electrons. The molecule has 0 unspecified atom stereocenters. The first kappa shape index (κ1) is 22.8. The van der Waals surface area contributed by atoms with Gasteiger partial charge in [-0.1, -0.05) is 17.3 Å². The fraction of sp³-hybridized carbons (Fsp3) is 0.308. The Kier molecular flexibility index (Phi) is 6.33. The Labute approximate surface area is 202 Å². The zero-order valence-electron chi connectivity index (χ0n) is 19.8. The van der Waals surface area contributed by atoms with E-state index in [0.29, 0.717) is 56.3 Å². The Morgan fingerprint density at radius 1 is 1.06 bits per heavy atom. The van der Waals surface area contributed by atoms with E-state index < -0.39 is 0 Å². The van der Waals surface area contributed by atoms with Crippen molar-refractivity contribution in [3.63, 3.8) is 0 Å². The number of aromatic nitrogens is 3. The molecule has 4 aromatic rings. The summed E-state index contributed by atoms with van der Waals surface area (Å²) in [6, 6.07) is 14.3. The number of piperazine rings is 1. The molecule has 0 saturated carbocycles. The molecule has 9 nitrogen and oxygen atoms in total. The summed E-state index contributed by atoms with van der Waals surface area (Å²) in [6.07, 6.45) is 1.72. The first-order valence-corrected chi connectivity index (χ1v) is 11.6. The maximum Gasteiger partial charge on any atom is 0.258 e. The number of carbonyl (C=O) groups excluding carboxylic acids is 1. The maximum atomic E-state index is 13.1. The molecule has 1 aromatic carbocycles. The molecule has 0 N–H and O–H groups in total. The van der Waals surface area contributed by atoms with Crippen LogP contribution in [0.2, 0.25) is 0 Å². The predicted molar refractivity (Wildman–Crippen MR) is 129 cm³/mol. The van der Waals surface area contributed by atoms with E-state index in [2.05, 4.69) is 15.0 Å². The molecular weight excluding hydrogens is 446 g/mol. The van der Waals surface area contributed by atoms with Gasteiger partial charge < -0.3 is 14.2 Å². The average Bonchev–Trinajstić information content (AvgIpc) is 3.20. The van der Waals surface area contributed by atoms with Gasteiger partial charge in [0.15, 0.2) is 0 Å². The highest BCUT2D eigenvalue weighted by Gasteiger charge is 2.23. The fourth-order valence-corrected chi connectivity index (χ4v) is 4.29. The van der Waals surface area contributed by atoms with Gasteiger partial charge in [0, 0.05) is 50.6 Å². The van der Waals surface area contributed by atoms with E-state index in [1.807, 2.05) is 55.1 Å². The van der Waals surface area contributed by atoms with Crippen molar-refractivity contribution in [2.75, 3.05) is 26.2 Å². The van der Waals surface area contributed by atoms with Crippen LogP contribution in [0.3, 0.4) is 0 Å². The van der Waals surface area contributed by atoms with E-state index >= 15 is 0 Å². The molecular formula is C26H27N5O4. The monoisotopic (exact) mass is 473 g/mol. The van der Waals surface area contributed by atoms with E-state index in [0.717, 1.165) is 22.7 Å². The first-order valence-electron chi connectivity index (χ1n) is 11.6. The topological polar surface area (TPSA) is 93.2 Å². The molecule has 1 amide bonds. The zero-order valence-corrected chi connectivity index (χ0v) is 19.8. The van der Waals surface area contributed by atoms with Gasteiger partial charge in [0.25, 0.3) is 11.5 Å². The minimum Gasteiger partial charge on any atom is -0.489 e. The average molecular weight is 474 g/mol. The number of fused-ring (bicyclic) bond motifs is 1. The molecule has 0 aliphatic carbocycles. The lowest BCUT2D eigenvalue weighted by Crippen LogP contribution is -2.48. The number of carbonyl (C=O) groups is 1. The summed E-state index contributed by atoms with van der Waals surface area (Å²) in [5.74, 6) is 1.34. The van der Waals surface area contributed by atoms with Crippen LogP contribution in [-0.2, 0) is 13.2 Å². The van der Waals surface area contributed by atoms with Crippen LogP contribution in [0.15, 0.2) is 64.0 Å². The van der Waals surface area contributed by atoms with Gasteiger partial charge in [0.2, 0.25) is 0 Å². The molecule has 180 valence electrons. The van der Waals surface area contributed by atoms with Crippen molar-refractivity contribution in [1.82, 2.24) is 24.3 Å². The number of benzene rings is 1. The lowest BCUT2D eigenvalue weighted by Gasteiger charge is -2.34. The highest BCUT2D eigenvalue weighted by Crippen LogP contribution is 2.20. The van der Waals surface area contributed by atoms with Gasteiger partial charge in [-0.25, -0.2) is 4.98 Å². The third-order valence-electron chi connectivity index (χ3n) is 6.31. The van der Waals surface area contributed by atoms with Crippen molar-refractivity contribution in [3.8, 4) is 5.75 Å². The number of ether oxygens (including phenoxy) is 1. The number of hydrogen-bond donors (Lipinski definition) is 0. The van der Waals surface area contributed by atoms with Gasteiger partial charge in [0.05, 0.1) is 17.0 Å². The third kappa shape index (κ3) is 4.95. The van der Waals surface area contributed by atoms with Crippen LogP contribution in [0, 0.1) is 13.8 Å². The second kappa shape index (κ2) is 9.71. The molecule has 1 saturated heterocycles. The molecule has 9 heteroatoms. The third-order valence-corrected chi connectivity index (χ3v) is 6.31. The van der Waals surface area contributed by atoms with Gasteiger partial charge in [-0.05, 0) is 44.2 Å². The minimum absolute atomic E-state index is 0.0190. The summed E-state index contributed by atoms with van der Waals surface area (Å²) >= 11 is 0. The lowest BCUT2D eigenvalue weighted by atomic mass is 10.1. The van der Waals surface area contributed by atoms with Crippen molar-refractivity contribution >= 4 is 11.6 Å². The molecule has 1 aliphatic rings. The zero-order chi connectivity index (χ0) is 24.4. The highest BCUT2D eigenvalue weighted by atomic mass is 16.5. The Morgan fingerprint density at radius 2 is 1.89 bits per heavy atom. The Hall–Kier alpha value is -3.98. The number of amides is 1. The van der Waals surface area contributed by atoms with E-state index in [4.69, 9.17) is 9.26 Å². The summed E-state index contributed by atoms with van der Waals surface area (Å²) in [5, 5.41) is 3.95. The number of aryl methyl sites for hydroxylation is 2. The van der Waals surface area contributed by atoms with Gasteiger partial charge in [-0.2, -0.15) is 0 Å². The summed E-state index contributed by atoms with van der Waals surface area (Å²) in [5.41, 5.74) is 3.61. The molecule has 4 heterocycles. The molecule has 3 aromatic heterocycles. The Balaban J connectivity index is 1.19. The lowest BCUT2D eigenvalue weighted by molar-refractivity contribution is 0.0626. The highest BCUT2D eigenvalue weighted by molar-refractivity contribution is 5.94. The smallest absolute Gasteiger partial charge is 0.258 e. The van der Waals surface area contributed by atoms with E-state index in [-0.39, 0.29) is 11.5 Å². The molecule has 5 rings (SSSR count). The van der Waals surface area contributed by atoms with Gasteiger partial charge in [-0.15, -0.1) is 0 Å². The number of rotatable bonds is 6. The first-order chi connectivity index (χ1) is 17.0. The fourth-order valence-electron chi connectivity index (χ4n) is 4.29. The normalized spacial score (nSPS) is 14.4. The molecule has 35 heavy (non-hydrogen) atoms. The van der Waals surface area contributed by atoms with Gasteiger partial charge in [-0.3, -0.25) is 18.9 Å². The Morgan fingerprint density at radius 3 is 2.66 bits per heavy atom. The maximum absolute atomic E-state index is 13.1. The second-order valence-electron chi connectivity index (χ2n) is 8.70. The van der Waals surface area contributed by atoms with E-state index in [1.165, 1.54) is 4.40 Å². The van der Waals surface area contributed by atoms with Crippen LogP contribution in [0.25, 0.3) is 5.65 Å². The summed E-state index contributed by atoms with van der Waals surface area (Å²) in [7, 11) is 0. The molecule has 1 aliphatic heterocycles. The largest absolute Gasteiger partial charge is 0.489 e. The molecule has 0 spiro atoms. The standard InChI is InChI=1S/C26H27N5O4/c1-18-23(19(2)35-28-18)17-34-22-7-5-6-20(14-22)26(33)30-12-10-29(11-13-30)16-21-15-25(32)31-9-4-3-8-24(31)27-21/h3-9,14-15H,10-13,16-17H2,1-2H3. The molecule has 0 bridgehead atoms.